The predicted octanol–water partition coefficient (Wildman–Crippen LogP) is 3.34. The van der Waals surface area contributed by atoms with Crippen LogP contribution in [0.5, 0.6) is 0 Å². The highest BCUT2D eigenvalue weighted by Crippen LogP contribution is 2.35. The number of pyridine rings is 1. The van der Waals surface area contributed by atoms with E-state index < -0.39 is 11.7 Å². The van der Waals surface area contributed by atoms with Gasteiger partial charge in [-0.1, -0.05) is 13.8 Å². The first-order valence-electron chi connectivity index (χ1n) is 10.1. The molecule has 2 aliphatic heterocycles. The molecule has 1 aromatic rings. The molecule has 2 saturated heterocycles. The zero-order chi connectivity index (χ0) is 20.2. The summed E-state index contributed by atoms with van der Waals surface area (Å²) in [5, 5.41) is 3.03. The lowest BCUT2D eigenvalue weighted by Crippen LogP contribution is -2.62. The zero-order valence-corrected chi connectivity index (χ0v) is 16.8. The summed E-state index contributed by atoms with van der Waals surface area (Å²) in [5.41, 5.74) is -0.901. The van der Waals surface area contributed by atoms with E-state index in [1.165, 1.54) is 12.3 Å². The van der Waals surface area contributed by atoms with Gasteiger partial charge in [0.25, 0.3) is 0 Å². The second-order valence-electron chi connectivity index (χ2n) is 8.27. The fraction of sp³-hybridized carbons (Fsp3) is 0.750. The van der Waals surface area contributed by atoms with E-state index in [9.17, 15) is 13.2 Å². The van der Waals surface area contributed by atoms with Crippen LogP contribution in [0.4, 0.5) is 19.0 Å². The topological polar surface area (TPSA) is 40.6 Å². The predicted molar refractivity (Wildman–Crippen MR) is 103 cm³/mol. The quantitative estimate of drug-likeness (QED) is 0.793. The molecule has 1 N–H and O–H groups in total. The second-order valence-corrected chi connectivity index (χ2v) is 8.27. The Morgan fingerprint density at radius 2 is 1.86 bits per heavy atom. The van der Waals surface area contributed by atoms with Gasteiger partial charge in [0.1, 0.15) is 5.82 Å². The summed E-state index contributed by atoms with van der Waals surface area (Å²) in [6, 6.07) is 2.41. The summed E-state index contributed by atoms with van der Waals surface area (Å²) in [7, 11) is 0. The van der Waals surface area contributed by atoms with Crippen LogP contribution in [0.2, 0.25) is 0 Å². The molecular formula is C20H31F3N4O. The lowest BCUT2D eigenvalue weighted by Gasteiger charge is -2.50. The molecule has 0 bridgehead atoms. The molecule has 0 aromatic carbocycles. The molecule has 8 heteroatoms. The van der Waals surface area contributed by atoms with E-state index in [-0.39, 0.29) is 11.4 Å². The van der Waals surface area contributed by atoms with Gasteiger partial charge in [-0.15, -0.1) is 0 Å². The molecule has 0 unspecified atom stereocenters. The van der Waals surface area contributed by atoms with Crippen LogP contribution >= 0.6 is 0 Å². The SMILES string of the molecule is CC(C)CN1CCN(C2(CNc3ncccc3C(F)(F)F)CCOCC2)CC1. The van der Waals surface area contributed by atoms with Crippen LogP contribution < -0.4 is 5.32 Å². The molecular weight excluding hydrogens is 369 g/mol. The number of aromatic nitrogens is 1. The maximum atomic E-state index is 13.3. The molecule has 0 spiro atoms. The smallest absolute Gasteiger partial charge is 0.381 e. The van der Waals surface area contributed by atoms with Crippen LogP contribution in [0.1, 0.15) is 32.3 Å². The van der Waals surface area contributed by atoms with E-state index in [0.717, 1.165) is 51.6 Å². The summed E-state index contributed by atoms with van der Waals surface area (Å²) in [5.74, 6) is 0.550. The summed E-state index contributed by atoms with van der Waals surface area (Å²) in [6.07, 6.45) is -1.38. The highest BCUT2D eigenvalue weighted by atomic mass is 19.4. The Bertz CT molecular complexity index is 624. The van der Waals surface area contributed by atoms with Crippen LogP contribution in [0.3, 0.4) is 0 Å². The van der Waals surface area contributed by atoms with Gasteiger partial charge in [-0.05, 0) is 30.9 Å². The Hall–Kier alpha value is -1.38. The normalized spacial score (nSPS) is 21.8. The van der Waals surface area contributed by atoms with Crippen molar-refractivity contribution in [1.82, 2.24) is 14.8 Å². The average molecular weight is 400 g/mol. The molecule has 3 rings (SSSR count). The van der Waals surface area contributed by atoms with E-state index in [0.29, 0.717) is 25.7 Å². The number of nitrogens with zero attached hydrogens (tertiary/aromatic N) is 3. The van der Waals surface area contributed by atoms with Crippen molar-refractivity contribution < 1.29 is 17.9 Å². The lowest BCUT2D eigenvalue weighted by molar-refractivity contribution is -0.137. The van der Waals surface area contributed by atoms with Crippen molar-refractivity contribution in [2.24, 2.45) is 5.92 Å². The molecule has 2 aliphatic rings. The number of hydrogen-bond acceptors (Lipinski definition) is 5. The van der Waals surface area contributed by atoms with E-state index >= 15 is 0 Å². The average Bonchev–Trinajstić information content (AvgIpc) is 2.67. The Morgan fingerprint density at radius 1 is 1.18 bits per heavy atom. The zero-order valence-electron chi connectivity index (χ0n) is 16.8. The van der Waals surface area contributed by atoms with Gasteiger partial charge in [0, 0.05) is 64.2 Å². The van der Waals surface area contributed by atoms with Gasteiger partial charge in [0.05, 0.1) is 5.56 Å². The second kappa shape index (κ2) is 8.97. The van der Waals surface area contributed by atoms with Crippen LogP contribution in [0.15, 0.2) is 18.3 Å². The molecule has 0 saturated carbocycles. The largest absolute Gasteiger partial charge is 0.419 e. The molecule has 28 heavy (non-hydrogen) atoms. The van der Waals surface area contributed by atoms with E-state index in [1.807, 2.05) is 0 Å². The van der Waals surface area contributed by atoms with Gasteiger partial charge in [0.2, 0.25) is 0 Å². The van der Waals surface area contributed by atoms with Crippen molar-refractivity contribution in [3.8, 4) is 0 Å². The van der Waals surface area contributed by atoms with Crippen LogP contribution in [-0.4, -0.2) is 72.8 Å². The van der Waals surface area contributed by atoms with Gasteiger partial charge in [0.15, 0.2) is 0 Å². The van der Waals surface area contributed by atoms with E-state index in [1.54, 1.807) is 0 Å². The van der Waals surface area contributed by atoms with Gasteiger partial charge >= 0.3 is 6.18 Å². The van der Waals surface area contributed by atoms with Crippen molar-refractivity contribution in [2.75, 3.05) is 57.8 Å². The molecule has 0 radical (unpaired) electrons. The number of anilines is 1. The van der Waals surface area contributed by atoms with E-state index in [2.05, 4.69) is 33.9 Å². The Balaban J connectivity index is 1.70. The van der Waals surface area contributed by atoms with Crippen molar-refractivity contribution in [3.63, 3.8) is 0 Å². The van der Waals surface area contributed by atoms with E-state index in [4.69, 9.17) is 4.74 Å². The Morgan fingerprint density at radius 3 is 2.46 bits per heavy atom. The van der Waals surface area contributed by atoms with Gasteiger partial charge in [-0.3, -0.25) is 4.90 Å². The first kappa shape index (κ1) is 21.3. The maximum absolute atomic E-state index is 13.3. The lowest BCUT2D eigenvalue weighted by atomic mass is 9.87. The van der Waals surface area contributed by atoms with Gasteiger partial charge in [-0.25, -0.2) is 4.98 Å². The summed E-state index contributed by atoms with van der Waals surface area (Å²) < 4.78 is 45.4. The van der Waals surface area contributed by atoms with Crippen molar-refractivity contribution in [1.29, 1.82) is 0 Å². The first-order valence-corrected chi connectivity index (χ1v) is 10.1. The van der Waals surface area contributed by atoms with Crippen LogP contribution in [-0.2, 0) is 10.9 Å². The number of halogens is 3. The van der Waals surface area contributed by atoms with Crippen molar-refractivity contribution in [2.45, 2.75) is 38.4 Å². The fourth-order valence-corrected chi connectivity index (χ4v) is 4.30. The minimum atomic E-state index is -4.41. The summed E-state index contributed by atoms with van der Waals surface area (Å²) in [6.45, 7) is 11.1. The third kappa shape index (κ3) is 5.15. The number of piperazine rings is 1. The number of alkyl halides is 3. The number of ether oxygens (including phenoxy) is 1. The highest BCUT2D eigenvalue weighted by Gasteiger charge is 2.41. The van der Waals surface area contributed by atoms with Crippen LogP contribution in [0.25, 0.3) is 0 Å². The monoisotopic (exact) mass is 400 g/mol. The fourth-order valence-electron chi connectivity index (χ4n) is 4.30. The van der Waals surface area contributed by atoms with Crippen molar-refractivity contribution in [3.05, 3.63) is 23.9 Å². The standard InChI is InChI=1S/C20H31F3N4O/c1-16(2)14-26-8-10-27(11-9-26)19(5-12-28-13-6-19)15-25-18-17(20(21,22)23)4-3-7-24-18/h3-4,7,16H,5-6,8-15H2,1-2H3,(H,24,25). The van der Waals surface area contributed by atoms with Gasteiger partial charge < -0.3 is 15.0 Å². The number of hydrogen-bond donors (Lipinski definition) is 1. The molecule has 0 amide bonds. The van der Waals surface area contributed by atoms with Gasteiger partial charge in [-0.2, -0.15) is 13.2 Å². The number of rotatable bonds is 6. The third-order valence-corrected chi connectivity index (χ3v) is 5.79. The molecule has 3 heterocycles. The maximum Gasteiger partial charge on any atom is 0.419 e. The number of nitrogens with one attached hydrogen (secondary N) is 1. The molecule has 0 aliphatic carbocycles. The molecule has 158 valence electrons. The molecule has 1 aromatic heterocycles. The Kier molecular flexibility index (Phi) is 6.83. The third-order valence-electron chi connectivity index (χ3n) is 5.79. The summed E-state index contributed by atoms with van der Waals surface area (Å²) in [4.78, 5) is 8.89. The minimum absolute atomic E-state index is 0.0840. The van der Waals surface area contributed by atoms with Crippen LogP contribution in [0, 0.1) is 5.92 Å². The summed E-state index contributed by atoms with van der Waals surface area (Å²) >= 11 is 0. The first-order chi connectivity index (χ1) is 13.3. The highest BCUT2D eigenvalue weighted by molar-refractivity contribution is 5.46. The minimum Gasteiger partial charge on any atom is -0.381 e. The van der Waals surface area contributed by atoms with Crippen molar-refractivity contribution >= 4 is 5.82 Å². The molecule has 2 fully saturated rings. The molecule has 5 nitrogen and oxygen atoms in total. The molecule has 0 atom stereocenters. The Labute approximate surface area is 165 Å².